The van der Waals surface area contributed by atoms with Gasteiger partial charge >= 0.3 is 0 Å². The molecule has 0 atom stereocenters. The first-order valence-electron chi connectivity index (χ1n) is 5.77. The van der Waals surface area contributed by atoms with Crippen molar-refractivity contribution in [3.8, 4) is 0 Å². The summed E-state index contributed by atoms with van der Waals surface area (Å²) < 4.78 is 0. The molecule has 0 amide bonds. The highest BCUT2D eigenvalue weighted by atomic mass is 16.3. The average molecular weight is 226 g/mol. The smallest absolute Gasteiger partial charge is 0.234 e. The average Bonchev–Trinajstić information content (AvgIpc) is 2.27. The fraction of sp³-hybridized carbons (Fsp3) is 0.615. The van der Waals surface area contributed by atoms with Crippen LogP contribution in [0.25, 0.3) is 0 Å². The van der Waals surface area contributed by atoms with Gasteiger partial charge in [-0.15, -0.1) is 0 Å². The first-order chi connectivity index (χ1) is 7.40. The van der Waals surface area contributed by atoms with E-state index in [0.29, 0.717) is 5.70 Å². The number of aliphatic hydroxyl groups is 1. The highest BCUT2D eigenvalue weighted by Gasteiger charge is 2.04. The molecule has 0 rings (SSSR count). The first-order valence-corrected chi connectivity index (χ1v) is 5.77. The third-order valence-electron chi connectivity index (χ3n) is 2.14. The van der Waals surface area contributed by atoms with Gasteiger partial charge in [0.25, 0.3) is 0 Å². The van der Waals surface area contributed by atoms with Crippen molar-refractivity contribution in [2.45, 2.75) is 54.9 Å². The summed E-state index contributed by atoms with van der Waals surface area (Å²) in [6.07, 6.45) is 0.925. The second-order valence-corrected chi connectivity index (χ2v) is 3.56. The molecule has 0 heterocycles. The summed E-state index contributed by atoms with van der Waals surface area (Å²) in [6.45, 7) is 13.6. The largest absolute Gasteiger partial charge is 0.492 e. The van der Waals surface area contributed by atoms with Crippen LogP contribution in [0.15, 0.2) is 27.7 Å². The van der Waals surface area contributed by atoms with Gasteiger partial charge in [0.2, 0.25) is 5.88 Å². The lowest BCUT2D eigenvalue weighted by molar-refractivity contribution is 0.400. The molecule has 3 heteroatoms. The Balaban J connectivity index is 0. The molecule has 94 valence electrons. The minimum Gasteiger partial charge on any atom is -0.492 e. The van der Waals surface area contributed by atoms with Crippen LogP contribution >= 0.6 is 0 Å². The van der Waals surface area contributed by atoms with Gasteiger partial charge in [0, 0.05) is 5.71 Å². The van der Waals surface area contributed by atoms with E-state index < -0.39 is 0 Å². The van der Waals surface area contributed by atoms with Gasteiger partial charge in [-0.25, -0.2) is 4.99 Å². The maximum absolute atomic E-state index is 9.54. The number of rotatable bonds is 3. The zero-order chi connectivity index (χ0) is 13.3. The molecule has 3 nitrogen and oxygen atoms in total. The third kappa shape index (κ3) is 6.27. The quantitative estimate of drug-likeness (QED) is 0.435. The highest BCUT2D eigenvalue weighted by Crippen LogP contribution is 2.15. The molecular formula is C13H26N2O. The summed E-state index contributed by atoms with van der Waals surface area (Å²) in [7, 11) is 0. The van der Waals surface area contributed by atoms with E-state index in [2.05, 4.69) is 11.9 Å². The number of aliphatic hydroxyl groups excluding tert-OH is 1. The number of hydrogen-bond donors (Lipinski definition) is 2. The van der Waals surface area contributed by atoms with Crippen LogP contribution in [0.4, 0.5) is 0 Å². The molecule has 0 spiro atoms. The van der Waals surface area contributed by atoms with Crippen LogP contribution in [0.3, 0.4) is 0 Å². The van der Waals surface area contributed by atoms with Gasteiger partial charge < -0.3 is 10.8 Å². The highest BCUT2D eigenvalue weighted by molar-refractivity contribution is 5.80. The van der Waals surface area contributed by atoms with E-state index in [1.807, 2.05) is 41.5 Å². The molecule has 16 heavy (non-hydrogen) atoms. The van der Waals surface area contributed by atoms with Crippen molar-refractivity contribution in [2.24, 2.45) is 10.7 Å². The van der Waals surface area contributed by atoms with Crippen molar-refractivity contribution < 1.29 is 5.11 Å². The Morgan fingerprint density at radius 3 is 1.88 bits per heavy atom. The maximum atomic E-state index is 9.54. The van der Waals surface area contributed by atoms with Crippen LogP contribution in [-0.2, 0) is 0 Å². The SMILES string of the molecule is CC.CC/C(C)=C(C)/C(N)=C(/O)N=C(C)C. The lowest BCUT2D eigenvalue weighted by atomic mass is 10.1. The number of hydrogen-bond acceptors (Lipinski definition) is 3. The van der Waals surface area contributed by atoms with Gasteiger partial charge in [-0.1, -0.05) is 26.3 Å². The number of allylic oxidation sites excluding steroid dienone is 2. The Morgan fingerprint density at radius 2 is 1.56 bits per heavy atom. The number of aliphatic imine (C=N–C) groups is 1. The summed E-state index contributed by atoms with van der Waals surface area (Å²) in [5.74, 6) is -0.0877. The van der Waals surface area contributed by atoms with Crippen molar-refractivity contribution in [1.29, 1.82) is 0 Å². The van der Waals surface area contributed by atoms with E-state index in [4.69, 9.17) is 5.73 Å². The van der Waals surface area contributed by atoms with Crippen molar-refractivity contribution >= 4 is 5.71 Å². The molecule has 0 saturated heterocycles. The van der Waals surface area contributed by atoms with E-state index in [-0.39, 0.29) is 5.88 Å². The topological polar surface area (TPSA) is 58.6 Å². The Hall–Kier alpha value is -1.25. The zero-order valence-electron chi connectivity index (χ0n) is 11.7. The minimum absolute atomic E-state index is 0.0877. The molecule has 0 aromatic carbocycles. The van der Waals surface area contributed by atoms with Crippen LogP contribution in [0, 0.1) is 0 Å². The minimum atomic E-state index is -0.0877. The summed E-state index contributed by atoms with van der Waals surface area (Å²) in [5, 5.41) is 9.54. The van der Waals surface area contributed by atoms with Crippen molar-refractivity contribution in [3.63, 3.8) is 0 Å². The summed E-state index contributed by atoms with van der Waals surface area (Å²) in [4.78, 5) is 3.91. The third-order valence-corrected chi connectivity index (χ3v) is 2.14. The second kappa shape index (κ2) is 9.01. The summed E-state index contributed by atoms with van der Waals surface area (Å²) in [5.41, 5.74) is 8.98. The Morgan fingerprint density at radius 1 is 1.12 bits per heavy atom. The van der Waals surface area contributed by atoms with E-state index in [9.17, 15) is 5.11 Å². The summed E-state index contributed by atoms with van der Waals surface area (Å²) >= 11 is 0. The normalized spacial score (nSPS) is 12.9. The van der Waals surface area contributed by atoms with Crippen LogP contribution in [0.2, 0.25) is 0 Å². The molecule has 0 aromatic heterocycles. The molecule has 0 aromatic rings. The van der Waals surface area contributed by atoms with Crippen LogP contribution in [-0.4, -0.2) is 10.8 Å². The van der Waals surface area contributed by atoms with Crippen LogP contribution in [0.1, 0.15) is 54.9 Å². The predicted octanol–water partition coefficient (Wildman–Crippen LogP) is 3.93. The van der Waals surface area contributed by atoms with Crippen LogP contribution < -0.4 is 5.73 Å². The van der Waals surface area contributed by atoms with E-state index in [1.54, 1.807) is 0 Å². The first kappa shape index (κ1) is 17.2. The molecule has 0 aliphatic heterocycles. The van der Waals surface area contributed by atoms with Gasteiger partial charge in [-0.3, -0.25) is 0 Å². The van der Waals surface area contributed by atoms with Crippen molar-refractivity contribution in [3.05, 3.63) is 22.7 Å². The van der Waals surface area contributed by atoms with Crippen molar-refractivity contribution in [1.82, 2.24) is 0 Å². The van der Waals surface area contributed by atoms with E-state index in [1.165, 1.54) is 0 Å². The molecule has 0 bridgehead atoms. The molecule has 0 fully saturated rings. The van der Waals surface area contributed by atoms with Gasteiger partial charge in [0.1, 0.15) is 0 Å². The molecule has 3 N–H and O–H groups in total. The number of nitrogens with two attached hydrogens (primary N) is 1. The van der Waals surface area contributed by atoms with E-state index >= 15 is 0 Å². The predicted molar refractivity (Wildman–Crippen MR) is 72.6 cm³/mol. The fourth-order valence-corrected chi connectivity index (χ4v) is 0.935. The molecule has 0 radical (unpaired) electrons. The molecule has 0 aliphatic carbocycles. The monoisotopic (exact) mass is 226 g/mol. The number of nitrogens with zero attached hydrogens (tertiary/aromatic N) is 1. The summed E-state index contributed by atoms with van der Waals surface area (Å²) in [6, 6.07) is 0. The Labute approximate surface area is 99.8 Å². The van der Waals surface area contributed by atoms with Crippen molar-refractivity contribution in [2.75, 3.05) is 0 Å². The molecule has 0 saturated carbocycles. The van der Waals surface area contributed by atoms with Gasteiger partial charge in [-0.2, -0.15) is 0 Å². The van der Waals surface area contributed by atoms with E-state index in [0.717, 1.165) is 23.3 Å². The maximum Gasteiger partial charge on any atom is 0.234 e. The Kier molecular flexibility index (Phi) is 9.66. The standard InChI is InChI=1S/C11H20N2O.C2H6/c1-6-8(4)9(5)10(12)11(14)13-7(2)3;1-2/h14H,6,12H2,1-5H3;1-2H3/b9-8+,11-10-;. The molecule has 0 aliphatic rings. The Bertz CT molecular complexity index is 295. The van der Waals surface area contributed by atoms with Gasteiger partial charge in [0.05, 0.1) is 5.70 Å². The second-order valence-electron chi connectivity index (χ2n) is 3.56. The zero-order valence-corrected chi connectivity index (χ0v) is 11.7. The molecular weight excluding hydrogens is 200 g/mol. The van der Waals surface area contributed by atoms with Gasteiger partial charge in [0.15, 0.2) is 0 Å². The lowest BCUT2D eigenvalue weighted by Gasteiger charge is -2.07. The fourth-order valence-electron chi connectivity index (χ4n) is 0.935. The lowest BCUT2D eigenvalue weighted by Crippen LogP contribution is -2.05. The van der Waals surface area contributed by atoms with Gasteiger partial charge in [-0.05, 0) is 39.7 Å². The molecule has 0 unspecified atom stereocenters. The van der Waals surface area contributed by atoms with Crippen LogP contribution in [0.5, 0.6) is 0 Å².